The van der Waals surface area contributed by atoms with Crippen molar-refractivity contribution in [2.75, 3.05) is 16.4 Å². The van der Waals surface area contributed by atoms with E-state index in [0.717, 1.165) is 44.7 Å². The first-order valence-corrected chi connectivity index (χ1v) is 12.0. The van der Waals surface area contributed by atoms with Crippen molar-refractivity contribution in [3.05, 3.63) is 76.6 Å². The minimum atomic E-state index is -0.416. The molecule has 8 heteroatoms. The average molecular weight is 459 g/mol. The third kappa shape index (κ3) is 3.70. The molecule has 168 valence electrons. The van der Waals surface area contributed by atoms with Crippen LogP contribution >= 0.6 is 11.8 Å². The lowest BCUT2D eigenvalue weighted by atomic mass is 9.94. The molecule has 2 aromatic heterocycles. The lowest BCUT2D eigenvalue weighted by Crippen LogP contribution is -2.31. The molecule has 0 spiro atoms. The van der Waals surface area contributed by atoms with Crippen LogP contribution in [0.2, 0.25) is 0 Å². The van der Waals surface area contributed by atoms with Gasteiger partial charge in [0.1, 0.15) is 6.04 Å². The molecule has 3 heterocycles. The number of allylic oxidation sites excluding steroid dienone is 1. The van der Waals surface area contributed by atoms with E-state index in [1.165, 1.54) is 0 Å². The number of para-hydroxylation sites is 1. The monoisotopic (exact) mass is 458 g/mol. The van der Waals surface area contributed by atoms with E-state index in [1.807, 2.05) is 68.0 Å². The minimum absolute atomic E-state index is 0.158. The van der Waals surface area contributed by atoms with Crippen LogP contribution in [-0.4, -0.2) is 31.4 Å². The van der Waals surface area contributed by atoms with Crippen molar-refractivity contribution < 1.29 is 4.79 Å². The molecule has 1 unspecified atom stereocenters. The summed E-state index contributed by atoms with van der Waals surface area (Å²) in [5.74, 6) is 1.35. The summed E-state index contributed by atoms with van der Waals surface area (Å²) in [4.78, 5) is 21.7. The van der Waals surface area contributed by atoms with Crippen LogP contribution in [0.1, 0.15) is 36.6 Å². The number of amides is 1. The Balaban J connectivity index is 1.64. The fourth-order valence-electron chi connectivity index (χ4n) is 4.30. The quantitative estimate of drug-likeness (QED) is 0.348. The van der Waals surface area contributed by atoms with Crippen LogP contribution in [0.3, 0.4) is 0 Å². The van der Waals surface area contributed by atoms with E-state index in [4.69, 9.17) is 5.10 Å². The molecule has 0 saturated carbocycles. The van der Waals surface area contributed by atoms with E-state index in [1.54, 1.807) is 11.8 Å². The van der Waals surface area contributed by atoms with Crippen molar-refractivity contribution in [3.8, 4) is 0 Å². The molecule has 4 aromatic rings. The molecule has 7 nitrogen and oxygen atoms in total. The predicted molar refractivity (Wildman–Crippen MR) is 134 cm³/mol. The highest BCUT2D eigenvalue weighted by molar-refractivity contribution is 7.99. The van der Waals surface area contributed by atoms with Crippen LogP contribution in [-0.2, 0) is 4.79 Å². The van der Waals surface area contributed by atoms with E-state index >= 15 is 0 Å². The Morgan fingerprint density at radius 1 is 1.15 bits per heavy atom. The molecular weight excluding hydrogens is 432 g/mol. The van der Waals surface area contributed by atoms with Gasteiger partial charge in [-0.15, -0.1) is 5.10 Å². The van der Waals surface area contributed by atoms with Gasteiger partial charge in [0.05, 0.1) is 5.57 Å². The Labute approximate surface area is 196 Å². The van der Waals surface area contributed by atoms with Crippen molar-refractivity contribution in [2.45, 2.75) is 38.9 Å². The van der Waals surface area contributed by atoms with Crippen molar-refractivity contribution >= 4 is 40.2 Å². The van der Waals surface area contributed by atoms with Gasteiger partial charge in [-0.3, -0.25) is 4.79 Å². The fraction of sp³-hybridized carbons (Fsp3) is 0.240. The van der Waals surface area contributed by atoms with Gasteiger partial charge in [0.2, 0.25) is 11.1 Å². The largest absolute Gasteiger partial charge is 0.361 e. The predicted octanol–water partition coefficient (Wildman–Crippen LogP) is 5.42. The fourth-order valence-corrected chi connectivity index (χ4v) is 4.85. The van der Waals surface area contributed by atoms with Gasteiger partial charge < -0.3 is 15.6 Å². The molecule has 1 aliphatic heterocycles. The SMILES string of the molecule is CCSc1nc2n(n1)C(c1c[nH]c3ccccc13)C(C(=O)Nc1cccc(C)c1C)=C(C)N2. The number of fused-ring (bicyclic) bond motifs is 2. The molecule has 1 aliphatic rings. The molecule has 1 amide bonds. The Kier molecular flexibility index (Phi) is 5.46. The van der Waals surface area contributed by atoms with Crippen LogP contribution in [0.5, 0.6) is 0 Å². The van der Waals surface area contributed by atoms with Gasteiger partial charge in [-0.1, -0.05) is 49.0 Å². The van der Waals surface area contributed by atoms with Gasteiger partial charge in [0.15, 0.2) is 0 Å². The smallest absolute Gasteiger partial charge is 0.255 e. The lowest BCUT2D eigenvalue weighted by molar-refractivity contribution is -0.113. The first-order valence-electron chi connectivity index (χ1n) is 11.0. The number of hydrogen-bond acceptors (Lipinski definition) is 5. The van der Waals surface area contributed by atoms with Gasteiger partial charge in [0.25, 0.3) is 5.91 Å². The topological polar surface area (TPSA) is 87.6 Å². The van der Waals surface area contributed by atoms with Crippen molar-refractivity contribution in [1.29, 1.82) is 0 Å². The zero-order valence-corrected chi connectivity index (χ0v) is 19.9. The van der Waals surface area contributed by atoms with Gasteiger partial charge in [-0.05, 0) is 49.8 Å². The molecule has 0 bridgehead atoms. The van der Waals surface area contributed by atoms with Gasteiger partial charge in [-0.2, -0.15) is 4.98 Å². The summed E-state index contributed by atoms with van der Waals surface area (Å²) in [5.41, 5.74) is 6.38. The number of nitrogens with zero attached hydrogens (tertiary/aromatic N) is 3. The van der Waals surface area contributed by atoms with Crippen LogP contribution in [0.15, 0.2) is 65.1 Å². The number of rotatable bonds is 5. The summed E-state index contributed by atoms with van der Waals surface area (Å²) in [7, 11) is 0. The molecule has 0 saturated heterocycles. The van der Waals surface area contributed by atoms with Crippen molar-refractivity contribution in [1.82, 2.24) is 19.7 Å². The highest BCUT2D eigenvalue weighted by atomic mass is 32.2. The maximum atomic E-state index is 13.7. The number of H-pyrrole nitrogens is 1. The number of anilines is 2. The number of carbonyl (C=O) groups is 1. The Hall–Kier alpha value is -3.52. The second-order valence-corrected chi connectivity index (χ2v) is 9.38. The Morgan fingerprint density at radius 3 is 2.79 bits per heavy atom. The number of aromatic nitrogens is 4. The zero-order chi connectivity index (χ0) is 23.1. The Bertz CT molecular complexity index is 1400. The molecular formula is C25H26N6OS. The molecule has 5 rings (SSSR count). The minimum Gasteiger partial charge on any atom is -0.361 e. The maximum Gasteiger partial charge on any atom is 0.255 e. The molecule has 33 heavy (non-hydrogen) atoms. The van der Waals surface area contributed by atoms with Crippen molar-refractivity contribution in [3.63, 3.8) is 0 Å². The number of benzene rings is 2. The molecule has 3 N–H and O–H groups in total. The van der Waals surface area contributed by atoms with Crippen LogP contribution in [0.4, 0.5) is 11.6 Å². The molecule has 0 fully saturated rings. The third-order valence-electron chi connectivity index (χ3n) is 6.12. The Morgan fingerprint density at radius 2 is 1.97 bits per heavy atom. The van der Waals surface area contributed by atoms with E-state index < -0.39 is 6.04 Å². The molecule has 0 aliphatic carbocycles. The highest BCUT2D eigenvalue weighted by Crippen LogP contribution is 2.39. The molecule has 0 radical (unpaired) electrons. The summed E-state index contributed by atoms with van der Waals surface area (Å²) < 4.78 is 1.83. The van der Waals surface area contributed by atoms with Crippen LogP contribution < -0.4 is 10.6 Å². The second kappa shape index (κ2) is 8.44. The maximum absolute atomic E-state index is 13.7. The first kappa shape index (κ1) is 21.3. The van der Waals surface area contributed by atoms with Gasteiger partial charge in [-0.25, -0.2) is 4.68 Å². The number of carbonyl (C=O) groups excluding carboxylic acids is 1. The van der Waals surface area contributed by atoms with E-state index in [2.05, 4.69) is 33.6 Å². The van der Waals surface area contributed by atoms with Gasteiger partial charge >= 0.3 is 0 Å². The summed E-state index contributed by atoms with van der Waals surface area (Å²) in [5, 5.41) is 13.0. The first-order chi connectivity index (χ1) is 16.0. The molecule has 2 aromatic carbocycles. The lowest BCUT2D eigenvalue weighted by Gasteiger charge is -2.28. The summed E-state index contributed by atoms with van der Waals surface area (Å²) in [6.45, 7) is 8.06. The second-order valence-electron chi connectivity index (χ2n) is 8.15. The van der Waals surface area contributed by atoms with E-state index in [0.29, 0.717) is 16.7 Å². The molecule has 1 atom stereocenters. The third-order valence-corrected chi connectivity index (χ3v) is 6.84. The number of aromatic amines is 1. The standard InChI is InChI=1S/C25H26N6OS/c1-5-33-25-29-24-27-16(4)21(23(32)28-19-12-8-9-14(2)15(19)3)22(31(24)30-25)18-13-26-20-11-7-6-10-17(18)20/h6-13,22,26H,5H2,1-4H3,(H,28,32)(H,27,29,30). The van der Waals surface area contributed by atoms with Crippen LogP contribution in [0.25, 0.3) is 10.9 Å². The normalized spacial score (nSPS) is 15.5. The summed E-state index contributed by atoms with van der Waals surface area (Å²) in [6, 6.07) is 13.6. The number of hydrogen-bond donors (Lipinski definition) is 3. The summed E-state index contributed by atoms with van der Waals surface area (Å²) >= 11 is 1.58. The van der Waals surface area contributed by atoms with Crippen LogP contribution in [0, 0.1) is 13.8 Å². The zero-order valence-electron chi connectivity index (χ0n) is 19.1. The number of nitrogens with one attached hydrogen (secondary N) is 3. The summed E-state index contributed by atoms with van der Waals surface area (Å²) in [6.07, 6.45) is 1.97. The average Bonchev–Trinajstić information content (AvgIpc) is 3.40. The number of aryl methyl sites for hydroxylation is 1. The van der Waals surface area contributed by atoms with Crippen molar-refractivity contribution in [2.24, 2.45) is 0 Å². The van der Waals surface area contributed by atoms with Gasteiger partial charge in [0, 0.05) is 34.0 Å². The number of thioether (sulfide) groups is 1. The van der Waals surface area contributed by atoms with E-state index in [9.17, 15) is 4.79 Å². The van der Waals surface area contributed by atoms with E-state index in [-0.39, 0.29) is 5.91 Å². The highest BCUT2D eigenvalue weighted by Gasteiger charge is 2.35.